The molecule has 0 atom stereocenters. The van der Waals surface area contributed by atoms with Crippen LogP contribution >= 0.6 is 0 Å². The molecule has 0 heterocycles. The summed E-state index contributed by atoms with van der Waals surface area (Å²) in [5, 5.41) is 0. The van der Waals surface area contributed by atoms with Gasteiger partial charge in [-0.25, -0.2) is 0 Å². The topological polar surface area (TPSA) is 4.44 Å². The predicted octanol–water partition coefficient (Wildman–Crippen LogP) is 4.36. The summed E-state index contributed by atoms with van der Waals surface area (Å²) in [5.74, 6) is 0. The molecule has 0 spiro atoms. The van der Waals surface area contributed by atoms with Crippen molar-refractivity contribution >= 4 is 0 Å². The maximum Gasteiger partial charge on any atom is 0.103 e. The number of nitrogens with one attached hydrogen (secondary N) is 1. The van der Waals surface area contributed by atoms with E-state index in [4.69, 9.17) is 0 Å². The van der Waals surface area contributed by atoms with Crippen molar-refractivity contribution < 1.29 is 17.3 Å². The minimum absolute atomic E-state index is 0. The van der Waals surface area contributed by atoms with Crippen molar-refractivity contribution in [3.05, 3.63) is 35.9 Å². The van der Waals surface area contributed by atoms with E-state index in [2.05, 4.69) is 44.2 Å². The lowest BCUT2D eigenvalue weighted by atomic mass is 10.1. The fourth-order valence-corrected chi connectivity index (χ4v) is 4.20. The second kappa shape index (κ2) is 22.2. The van der Waals surface area contributed by atoms with Crippen molar-refractivity contribution in [3.8, 4) is 0 Å². The third-order valence-electron chi connectivity index (χ3n) is 6.06. The number of halogens is 1. The zero-order valence-electron chi connectivity index (χ0n) is 19.7. The lowest BCUT2D eigenvalue weighted by molar-refractivity contribution is -0.914. The number of benzene rings is 1. The first-order valence-electron chi connectivity index (χ1n) is 12.7. The van der Waals surface area contributed by atoms with Crippen LogP contribution in [0.15, 0.2) is 30.3 Å². The fraction of sp³-hybridized carbons (Fsp3) is 0.778. The maximum absolute atomic E-state index is 2.31. The van der Waals surface area contributed by atoms with Crippen molar-refractivity contribution in [1.29, 1.82) is 0 Å². The van der Waals surface area contributed by atoms with E-state index in [-0.39, 0.29) is 12.4 Å². The highest BCUT2D eigenvalue weighted by molar-refractivity contribution is 5.13. The summed E-state index contributed by atoms with van der Waals surface area (Å²) in [7, 11) is 0. The van der Waals surface area contributed by atoms with Gasteiger partial charge in [-0.15, -0.1) is 0 Å². The van der Waals surface area contributed by atoms with Crippen LogP contribution in [0.5, 0.6) is 0 Å². The van der Waals surface area contributed by atoms with E-state index in [0.29, 0.717) is 0 Å². The standard InChI is InChI=1S/C27H49N.ClH/c1-3-5-7-9-11-13-15-20-24-28(26-27-22-18-17-19-23-27)25-21-16-14-12-10-8-6-4-2;/h17-19,22-23H,3-16,20-21,24-26H2,1-2H3;1H. The van der Waals surface area contributed by atoms with Crippen LogP contribution in [0.3, 0.4) is 0 Å². The molecule has 0 saturated heterocycles. The van der Waals surface area contributed by atoms with Crippen molar-refractivity contribution in [3.63, 3.8) is 0 Å². The minimum atomic E-state index is 0. The molecular formula is C27H50ClN. The summed E-state index contributed by atoms with van der Waals surface area (Å²) >= 11 is 0. The third-order valence-corrected chi connectivity index (χ3v) is 6.06. The molecule has 2 heteroatoms. The predicted molar refractivity (Wildman–Crippen MR) is 126 cm³/mol. The van der Waals surface area contributed by atoms with Gasteiger partial charge in [-0.1, -0.05) is 121 Å². The average molecular weight is 424 g/mol. The molecule has 1 rings (SSSR count). The van der Waals surface area contributed by atoms with Gasteiger partial charge in [0.2, 0.25) is 0 Å². The molecule has 0 bridgehead atoms. The van der Waals surface area contributed by atoms with Crippen LogP contribution in [-0.2, 0) is 6.54 Å². The summed E-state index contributed by atoms with van der Waals surface area (Å²) in [5.41, 5.74) is 1.51. The van der Waals surface area contributed by atoms with Gasteiger partial charge in [0.15, 0.2) is 0 Å². The van der Waals surface area contributed by atoms with Crippen LogP contribution < -0.4 is 17.3 Å². The molecule has 0 aliphatic rings. The van der Waals surface area contributed by atoms with E-state index in [1.807, 2.05) is 4.90 Å². The normalized spacial score (nSPS) is 11.0. The second-order valence-electron chi connectivity index (χ2n) is 8.86. The lowest BCUT2D eigenvalue weighted by Crippen LogP contribution is -3.10. The van der Waals surface area contributed by atoms with Gasteiger partial charge in [-0.05, 0) is 25.7 Å². The monoisotopic (exact) mass is 423 g/mol. The molecule has 0 aliphatic heterocycles. The van der Waals surface area contributed by atoms with Crippen molar-refractivity contribution in [2.24, 2.45) is 0 Å². The molecule has 29 heavy (non-hydrogen) atoms. The van der Waals surface area contributed by atoms with E-state index >= 15 is 0 Å². The Morgan fingerprint density at radius 3 is 1.31 bits per heavy atom. The zero-order chi connectivity index (χ0) is 20.1. The number of hydrogen-bond donors (Lipinski definition) is 1. The molecule has 1 aromatic rings. The van der Waals surface area contributed by atoms with E-state index < -0.39 is 0 Å². The largest absolute Gasteiger partial charge is 1.00 e. The van der Waals surface area contributed by atoms with E-state index in [1.165, 1.54) is 128 Å². The van der Waals surface area contributed by atoms with E-state index in [0.717, 1.165) is 0 Å². The number of rotatable bonds is 20. The van der Waals surface area contributed by atoms with Gasteiger partial charge >= 0.3 is 0 Å². The third kappa shape index (κ3) is 18.0. The molecular weight excluding hydrogens is 374 g/mol. The second-order valence-corrected chi connectivity index (χ2v) is 8.86. The number of unbranched alkanes of at least 4 members (excludes halogenated alkanes) is 14. The molecule has 0 radical (unpaired) electrons. The molecule has 0 unspecified atom stereocenters. The van der Waals surface area contributed by atoms with Crippen LogP contribution in [0.2, 0.25) is 0 Å². The first-order chi connectivity index (χ1) is 13.9. The lowest BCUT2D eigenvalue weighted by Gasteiger charge is -2.20. The van der Waals surface area contributed by atoms with Crippen LogP contribution in [0.25, 0.3) is 0 Å². The minimum Gasteiger partial charge on any atom is -1.00 e. The first kappa shape index (κ1) is 28.5. The Hall–Kier alpha value is -0.530. The molecule has 1 nitrogen and oxygen atoms in total. The van der Waals surface area contributed by atoms with Gasteiger partial charge in [-0.2, -0.15) is 0 Å². The summed E-state index contributed by atoms with van der Waals surface area (Å²) in [6.45, 7) is 8.54. The SMILES string of the molecule is CCCCCCCCCC[NH+](CCCCCCCCCC)Cc1ccccc1.[Cl-]. The Balaban J connectivity index is 0.00000784. The van der Waals surface area contributed by atoms with Crippen LogP contribution in [0, 0.1) is 0 Å². The Morgan fingerprint density at radius 1 is 0.517 bits per heavy atom. The van der Waals surface area contributed by atoms with Crippen molar-refractivity contribution in [1.82, 2.24) is 0 Å². The maximum atomic E-state index is 2.31. The van der Waals surface area contributed by atoms with Gasteiger partial charge in [-0.3, -0.25) is 0 Å². The molecule has 0 saturated carbocycles. The quantitative estimate of drug-likeness (QED) is 0.297. The molecule has 170 valence electrons. The highest BCUT2D eigenvalue weighted by Crippen LogP contribution is 2.09. The van der Waals surface area contributed by atoms with Crippen LogP contribution in [0.4, 0.5) is 0 Å². The zero-order valence-corrected chi connectivity index (χ0v) is 20.5. The van der Waals surface area contributed by atoms with E-state index in [9.17, 15) is 0 Å². The van der Waals surface area contributed by atoms with Crippen LogP contribution in [-0.4, -0.2) is 13.1 Å². The molecule has 0 aliphatic carbocycles. The van der Waals surface area contributed by atoms with Crippen LogP contribution in [0.1, 0.15) is 122 Å². The van der Waals surface area contributed by atoms with Gasteiger partial charge in [0, 0.05) is 5.56 Å². The highest BCUT2D eigenvalue weighted by atomic mass is 35.5. The van der Waals surface area contributed by atoms with Gasteiger partial charge in [0.05, 0.1) is 13.1 Å². The fourth-order valence-electron chi connectivity index (χ4n) is 4.20. The Labute approximate surface area is 189 Å². The summed E-state index contributed by atoms with van der Waals surface area (Å²) in [4.78, 5) is 1.81. The first-order valence-corrected chi connectivity index (χ1v) is 12.7. The summed E-state index contributed by atoms with van der Waals surface area (Å²) in [6.07, 6.45) is 22.8. The highest BCUT2D eigenvalue weighted by Gasteiger charge is 2.09. The number of hydrogen-bond acceptors (Lipinski definition) is 0. The van der Waals surface area contributed by atoms with E-state index in [1.54, 1.807) is 0 Å². The van der Waals surface area contributed by atoms with Crippen molar-refractivity contribution in [2.45, 2.75) is 123 Å². The van der Waals surface area contributed by atoms with Gasteiger partial charge < -0.3 is 17.3 Å². The number of quaternary nitrogens is 1. The Bertz CT molecular complexity index is 400. The van der Waals surface area contributed by atoms with Gasteiger partial charge in [0.25, 0.3) is 0 Å². The summed E-state index contributed by atoms with van der Waals surface area (Å²) < 4.78 is 0. The smallest absolute Gasteiger partial charge is 0.103 e. The van der Waals surface area contributed by atoms with Crippen molar-refractivity contribution in [2.75, 3.05) is 13.1 Å². The Kier molecular flexibility index (Phi) is 21.8. The molecule has 1 aromatic carbocycles. The average Bonchev–Trinajstić information content (AvgIpc) is 2.72. The Morgan fingerprint density at radius 2 is 0.897 bits per heavy atom. The molecule has 0 amide bonds. The molecule has 0 aromatic heterocycles. The van der Waals surface area contributed by atoms with Gasteiger partial charge in [0.1, 0.15) is 6.54 Å². The molecule has 0 fully saturated rings. The molecule has 1 N–H and O–H groups in total. The summed E-state index contributed by atoms with van der Waals surface area (Å²) in [6, 6.07) is 11.1.